The van der Waals surface area contributed by atoms with E-state index >= 15 is 0 Å². The molecule has 4 aromatic rings. The fourth-order valence-electron chi connectivity index (χ4n) is 13.2. The first-order valence-corrected chi connectivity index (χ1v) is 33.0. The number of ketones is 6. The number of ether oxygens (including phenoxy) is 4. The maximum atomic E-state index is 13.6. The number of rotatable bonds is 16. The Kier molecular flexibility index (Phi) is 18.1. The van der Waals surface area contributed by atoms with Gasteiger partial charge in [0.25, 0.3) is 20.2 Å². The highest BCUT2D eigenvalue weighted by atomic mass is 35.5. The SMILES string of the molecule is CC(=O)[C@]1(O)Cc2c(O)c3c(c(O)c2[C@@H](OC2CC(N(CCCl)CCCl)C(OS(C)(=O)=O)C(C)O2)C1)C(=O)c1ccccc1C3=O.CC(=O)[C@]1(O)Cc2c(O)c3c(c(O)c2[C@@H](OC2CC(N4CC4)C(OS(C)(=O)=O)C(C)O2)C1)C(=O)c1ccccc1C3=O. The first-order valence-electron chi connectivity index (χ1n) is 28.3. The summed E-state index contributed by atoms with van der Waals surface area (Å²) in [6.45, 7) is 7.70. The molecule has 12 atom stereocenters. The molecule has 8 unspecified atom stereocenters. The smallest absolute Gasteiger partial charge is 0.264 e. The van der Waals surface area contributed by atoms with Gasteiger partial charge in [-0.25, -0.2) is 0 Å². The Hall–Kier alpha value is -5.82. The Bertz CT molecular complexity index is 3800. The summed E-state index contributed by atoms with van der Waals surface area (Å²) < 4.78 is 83.6. The van der Waals surface area contributed by atoms with Crippen molar-refractivity contribution in [1.82, 2.24) is 9.80 Å². The van der Waals surface area contributed by atoms with Gasteiger partial charge in [-0.15, -0.1) is 23.2 Å². The Labute approximate surface area is 516 Å². The molecule has 3 aliphatic heterocycles. The Balaban J connectivity index is 0.000000195. The lowest BCUT2D eigenvalue weighted by molar-refractivity contribution is -0.254. The second kappa shape index (κ2) is 24.4. The van der Waals surface area contributed by atoms with E-state index < -0.39 is 174 Å². The van der Waals surface area contributed by atoms with E-state index in [1.165, 1.54) is 38.1 Å². The van der Waals surface area contributed by atoms with E-state index in [0.29, 0.717) is 13.1 Å². The third-order valence-corrected chi connectivity index (χ3v) is 19.0. The molecule has 0 saturated carbocycles. The molecule has 0 spiro atoms. The summed E-state index contributed by atoms with van der Waals surface area (Å²) in [5.41, 5.74) is -5.75. The van der Waals surface area contributed by atoms with Gasteiger partial charge in [-0.1, -0.05) is 48.5 Å². The summed E-state index contributed by atoms with van der Waals surface area (Å²) in [6.07, 6.45) is -7.54. The molecule has 0 radical (unpaired) electrons. The van der Waals surface area contributed by atoms with Crippen LogP contribution in [0.4, 0.5) is 0 Å². The number of hydrogen-bond acceptors (Lipinski definition) is 24. The monoisotopic (exact) mass is 1300 g/mol. The number of Topliss-reactive ketones (excluding diaryl/α,β-unsaturated/α-hetero) is 2. The quantitative estimate of drug-likeness (QED) is 0.0342. The minimum Gasteiger partial charge on any atom is -0.507 e. The van der Waals surface area contributed by atoms with E-state index in [1.54, 1.807) is 38.1 Å². The summed E-state index contributed by atoms with van der Waals surface area (Å²) in [6, 6.07) is 11.1. The molecule has 4 aromatic carbocycles. The molecule has 11 rings (SSSR count). The minimum atomic E-state index is -3.92. The van der Waals surface area contributed by atoms with Gasteiger partial charge in [0.15, 0.2) is 47.3 Å². The van der Waals surface area contributed by atoms with Crippen LogP contribution in [0.3, 0.4) is 0 Å². The van der Waals surface area contributed by atoms with Gasteiger partial charge in [-0.05, 0) is 27.7 Å². The summed E-state index contributed by atoms with van der Waals surface area (Å²) in [4.78, 5) is 83.2. The van der Waals surface area contributed by atoms with Crippen molar-refractivity contribution < 1.29 is 104 Å². The molecular weight excluding hydrogens is 1240 g/mol. The van der Waals surface area contributed by atoms with Crippen molar-refractivity contribution in [1.29, 1.82) is 0 Å². The lowest BCUT2D eigenvalue weighted by Gasteiger charge is -2.46. The van der Waals surface area contributed by atoms with E-state index in [9.17, 15) is 76.2 Å². The summed E-state index contributed by atoms with van der Waals surface area (Å²) in [5, 5.41) is 68.8. The Morgan fingerprint density at radius 3 is 1.31 bits per heavy atom. The fraction of sp³-hybridized carbons (Fsp3) is 0.500. The molecule has 7 aliphatic rings. The summed E-state index contributed by atoms with van der Waals surface area (Å²) in [5.74, 6) is -6.02. The Morgan fingerprint density at radius 2 is 0.955 bits per heavy atom. The van der Waals surface area contributed by atoms with E-state index in [1.807, 2.05) is 9.80 Å². The van der Waals surface area contributed by atoms with Crippen LogP contribution in [0.1, 0.15) is 152 Å². The van der Waals surface area contributed by atoms with Crippen LogP contribution in [0.5, 0.6) is 23.0 Å². The van der Waals surface area contributed by atoms with Gasteiger partial charge >= 0.3 is 0 Å². The zero-order valence-corrected chi connectivity index (χ0v) is 51.7. The van der Waals surface area contributed by atoms with Crippen LogP contribution in [0, 0.1) is 0 Å². The second-order valence-corrected chi connectivity index (χ2v) is 27.4. The van der Waals surface area contributed by atoms with Crippen molar-refractivity contribution in [3.63, 3.8) is 0 Å². The van der Waals surface area contributed by atoms with Crippen LogP contribution in [0.25, 0.3) is 0 Å². The maximum absolute atomic E-state index is 13.6. The molecule has 0 bridgehead atoms. The maximum Gasteiger partial charge on any atom is 0.264 e. The normalized spacial score (nSPS) is 29.2. The van der Waals surface area contributed by atoms with Crippen molar-refractivity contribution in [3.8, 4) is 23.0 Å². The standard InChI is InChI=1S/C31H35Cl2NO11S.C29H31NO11S/c1-15-30(45-46(3,41)42)20(34(10-8-32)11-9-33)12-22(43-15)44-21-14-31(40,16(2)35)13-19-23(21)29(39)25-24(28(19)38)26(36)17-6-4-5-7-18(17)27(25)37;1-13-28(41-42(3,37)38)18(30-8-9-30)10-20(39-13)40-19-12-29(36,14(2)31)11-17-21(19)27(35)23-22(26(17)34)24(32)15-6-4-5-7-16(15)25(23)33/h4-7,15,20-22,30,38-40H,8-14H2,1-3H3;4-7,13,18-20,28,34-36H,8-12H2,1-3H3/t15?,20?,21-,22?,30?,31-;13?,18?,19-,20?,28?,29-/m00/s1. The lowest BCUT2D eigenvalue weighted by atomic mass is 9.72. The van der Waals surface area contributed by atoms with Crippen LogP contribution >= 0.6 is 23.2 Å². The van der Waals surface area contributed by atoms with Gasteiger partial charge in [0.1, 0.15) is 46.4 Å². The van der Waals surface area contributed by atoms with Crippen LogP contribution < -0.4 is 0 Å². The molecule has 28 heteroatoms. The highest BCUT2D eigenvalue weighted by molar-refractivity contribution is 7.86. The molecule has 3 fully saturated rings. The first kappa shape index (κ1) is 65.1. The molecule has 0 amide bonds. The molecule has 3 heterocycles. The Morgan fingerprint density at radius 1 is 0.602 bits per heavy atom. The molecule has 0 aromatic heterocycles. The minimum absolute atomic E-state index is 0.0190. The number of phenols is 4. The molecule has 4 aliphatic carbocycles. The van der Waals surface area contributed by atoms with Gasteiger partial charge in [-0.2, -0.15) is 16.8 Å². The van der Waals surface area contributed by atoms with Crippen LogP contribution in [0.2, 0.25) is 0 Å². The summed E-state index contributed by atoms with van der Waals surface area (Å²) >= 11 is 12.1. The number of benzene rings is 4. The molecule has 6 N–H and O–H groups in total. The van der Waals surface area contributed by atoms with Crippen molar-refractivity contribution >= 4 is 78.1 Å². The van der Waals surface area contributed by atoms with Crippen molar-refractivity contribution in [2.75, 3.05) is 50.5 Å². The zero-order valence-electron chi connectivity index (χ0n) is 48.6. The van der Waals surface area contributed by atoms with Gasteiger partial charge in [0, 0.05) is 133 Å². The average molecular weight is 1300 g/mol. The number of carbonyl (C=O) groups is 6. The first-order chi connectivity index (χ1) is 41.3. The molecule has 88 heavy (non-hydrogen) atoms. The number of fused-ring (bicyclic) bond motifs is 6. The number of alkyl halides is 2. The molecule has 474 valence electrons. The van der Waals surface area contributed by atoms with Crippen LogP contribution in [0.15, 0.2) is 48.5 Å². The van der Waals surface area contributed by atoms with E-state index in [2.05, 4.69) is 0 Å². The van der Waals surface area contributed by atoms with Gasteiger partial charge in [0.2, 0.25) is 0 Å². The van der Waals surface area contributed by atoms with E-state index in [4.69, 9.17) is 50.5 Å². The average Bonchev–Trinajstić information content (AvgIpc) is 1.02. The summed E-state index contributed by atoms with van der Waals surface area (Å²) in [7, 11) is -7.71. The number of aromatic hydroxyl groups is 4. The predicted octanol–water partition coefficient (Wildman–Crippen LogP) is 4.19. The number of hydrogen-bond donors (Lipinski definition) is 6. The number of nitrogens with zero attached hydrogens (tertiary/aromatic N) is 2. The van der Waals surface area contributed by atoms with E-state index in [0.717, 1.165) is 25.6 Å². The lowest BCUT2D eigenvalue weighted by Crippen LogP contribution is -2.58. The molecular formula is C60H66Cl2N2O22S2. The number of carbonyl (C=O) groups excluding carboxylic acids is 6. The van der Waals surface area contributed by atoms with Gasteiger partial charge in [0.05, 0.1) is 59.2 Å². The molecule has 24 nitrogen and oxygen atoms in total. The van der Waals surface area contributed by atoms with Crippen molar-refractivity contribution in [3.05, 3.63) is 115 Å². The van der Waals surface area contributed by atoms with Gasteiger partial charge < -0.3 is 49.6 Å². The van der Waals surface area contributed by atoms with E-state index in [-0.39, 0.29) is 93.6 Å². The highest BCUT2D eigenvalue weighted by Crippen LogP contribution is 2.54. The third kappa shape index (κ3) is 12.2. The fourth-order valence-corrected chi connectivity index (χ4v) is 15.0. The molecule has 3 saturated heterocycles. The second-order valence-electron chi connectivity index (χ2n) is 23.4. The van der Waals surface area contributed by atoms with Crippen LogP contribution in [-0.4, -0.2) is 203 Å². The highest BCUT2D eigenvalue weighted by Gasteiger charge is 2.53. The largest absolute Gasteiger partial charge is 0.507 e. The number of phenolic OH excluding ortho intramolecular Hbond substituents is 4. The van der Waals surface area contributed by atoms with Crippen LogP contribution in [-0.2, 0) is 70.0 Å². The topological polar surface area (TPSA) is 354 Å². The third-order valence-electron chi connectivity index (χ3n) is 17.5. The predicted molar refractivity (Wildman–Crippen MR) is 311 cm³/mol. The van der Waals surface area contributed by atoms with Crippen molar-refractivity contribution in [2.24, 2.45) is 0 Å². The number of aliphatic hydroxyl groups is 2. The van der Waals surface area contributed by atoms with Crippen molar-refractivity contribution in [2.45, 2.75) is 139 Å². The van der Waals surface area contributed by atoms with Gasteiger partial charge in [-0.3, -0.25) is 46.9 Å². The zero-order chi connectivity index (χ0) is 64.0. The number of halogens is 2.